The SMILES string of the molecule is Cc1ccc(-n2c(CCC(=O)[O-])ccc2-c2ccc(F)cc2)cc1. The Kier molecular flexibility index (Phi) is 4.47. The number of benzene rings is 2. The van der Waals surface area contributed by atoms with Gasteiger partial charge in [-0.15, -0.1) is 0 Å². The fraction of sp³-hybridized carbons (Fsp3) is 0.150. The molecule has 0 N–H and O–H groups in total. The van der Waals surface area contributed by atoms with E-state index >= 15 is 0 Å². The minimum atomic E-state index is -1.07. The van der Waals surface area contributed by atoms with Gasteiger partial charge >= 0.3 is 0 Å². The monoisotopic (exact) mass is 322 g/mol. The summed E-state index contributed by atoms with van der Waals surface area (Å²) in [6.45, 7) is 2.01. The van der Waals surface area contributed by atoms with E-state index in [0.29, 0.717) is 6.42 Å². The lowest BCUT2D eigenvalue weighted by atomic mass is 10.1. The van der Waals surface area contributed by atoms with Gasteiger partial charge in [0.2, 0.25) is 0 Å². The molecule has 1 heterocycles. The molecule has 24 heavy (non-hydrogen) atoms. The average Bonchev–Trinajstić information content (AvgIpc) is 2.98. The predicted octanol–water partition coefficient (Wildman–Crippen LogP) is 3.27. The molecule has 4 heteroatoms. The summed E-state index contributed by atoms with van der Waals surface area (Å²) in [5, 5.41) is 10.8. The fourth-order valence-corrected chi connectivity index (χ4v) is 2.75. The van der Waals surface area contributed by atoms with Crippen LogP contribution >= 0.6 is 0 Å². The minimum absolute atomic E-state index is 0.0429. The zero-order chi connectivity index (χ0) is 17.1. The molecule has 0 unspecified atom stereocenters. The molecule has 0 aliphatic rings. The quantitative estimate of drug-likeness (QED) is 0.723. The van der Waals surface area contributed by atoms with Crippen molar-refractivity contribution in [1.82, 2.24) is 4.57 Å². The number of hydrogen-bond donors (Lipinski definition) is 0. The first-order valence-electron chi connectivity index (χ1n) is 7.78. The van der Waals surface area contributed by atoms with Crippen molar-refractivity contribution in [2.75, 3.05) is 0 Å². The van der Waals surface area contributed by atoms with Gasteiger partial charge in [-0.05, 0) is 73.9 Å². The first kappa shape index (κ1) is 16.0. The first-order valence-corrected chi connectivity index (χ1v) is 7.78. The molecule has 0 amide bonds. The number of aromatic nitrogens is 1. The van der Waals surface area contributed by atoms with E-state index in [9.17, 15) is 14.3 Å². The van der Waals surface area contributed by atoms with E-state index in [1.54, 1.807) is 12.1 Å². The van der Waals surface area contributed by atoms with E-state index in [-0.39, 0.29) is 12.2 Å². The van der Waals surface area contributed by atoms with Crippen molar-refractivity contribution in [3.8, 4) is 16.9 Å². The van der Waals surface area contributed by atoms with Gasteiger partial charge in [0.05, 0.1) is 5.69 Å². The van der Waals surface area contributed by atoms with Gasteiger partial charge in [0.25, 0.3) is 0 Å². The number of carbonyl (C=O) groups excluding carboxylic acids is 1. The second-order valence-electron chi connectivity index (χ2n) is 5.76. The third-order valence-corrected chi connectivity index (χ3v) is 3.98. The highest BCUT2D eigenvalue weighted by molar-refractivity contribution is 5.66. The minimum Gasteiger partial charge on any atom is -0.550 e. The van der Waals surface area contributed by atoms with Crippen LogP contribution in [0.25, 0.3) is 16.9 Å². The number of carboxylic acid groups (broad SMARTS) is 1. The topological polar surface area (TPSA) is 45.1 Å². The van der Waals surface area contributed by atoms with E-state index in [1.165, 1.54) is 12.1 Å². The van der Waals surface area contributed by atoms with Crippen molar-refractivity contribution < 1.29 is 14.3 Å². The summed E-state index contributed by atoms with van der Waals surface area (Å²) in [4.78, 5) is 10.8. The summed E-state index contributed by atoms with van der Waals surface area (Å²) < 4.78 is 15.2. The Balaban J connectivity index is 2.09. The van der Waals surface area contributed by atoms with Crippen LogP contribution in [-0.2, 0) is 11.2 Å². The second kappa shape index (κ2) is 6.71. The molecule has 0 spiro atoms. The first-order chi connectivity index (χ1) is 11.5. The van der Waals surface area contributed by atoms with Crippen molar-refractivity contribution in [3.05, 3.63) is 77.7 Å². The Morgan fingerprint density at radius 2 is 1.67 bits per heavy atom. The van der Waals surface area contributed by atoms with Crippen LogP contribution in [0.2, 0.25) is 0 Å². The summed E-state index contributed by atoms with van der Waals surface area (Å²) in [5.74, 6) is -1.36. The summed E-state index contributed by atoms with van der Waals surface area (Å²) in [7, 11) is 0. The molecule has 0 radical (unpaired) electrons. The number of carbonyl (C=O) groups is 1. The van der Waals surface area contributed by atoms with Crippen LogP contribution in [0, 0.1) is 12.7 Å². The van der Waals surface area contributed by atoms with Crippen molar-refractivity contribution in [1.29, 1.82) is 0 Å². The van der Waals surface area contributed by atoms with Gasteiger partial charge in [-0.1, -0.05) is 17.7 Å². The summed E-state index contributed by atoms with van der Waals surface area (Å²) >= 11 is 0. The van der Waals surface area contributed by atoms with Crippen LogP contribution in [0.4, 0.5) is 4.39 Å². The molecular weight excluding hydrogens is 305 g/mol. The van der Waals surface area contributed by atoms with Crippen LogP contribution < -0.4 is 5.11 Å². The molecule has 0 bridgehead atoms. The Labute approximate surface area is 140 Å². The molecule has 3 nitrogen and oxygen atoms in total. The summed E-state index contributed by atoms with van der Waals surface area (Å²) in [5.41, 5.74) is 4.73. The molecule has 3 aromatic rings. The average molecular weight is 322 g/mol. The Morgan fingerprint density at radius 1 is 1.00 bits per heavy atom. The smallest absolute Gasteiger partial charge is 0.123 e. The maximum Gasteiger partial charge on any atom is 0.123 e. The van der Waals surface area contributed by atoms with Gasteiger partial charge in [0, 0.05) is 17.4 Å². The lowest BCUT2D eigenvalue weighted by molar-refractivity contribution is -0.305. The Hall–Kier alpha value is -2.88. The Bertz CT molecular complexity index is 848. The lowest BCUT2D eigenvalue weighted by Gasteiger charge is -2.15. The highest BCUT2D eigenvalue weighted by Gasteiger charge is 2.12. The molecule has 0 saturated carbocycles. The van der Waals surface area contributed by atoms with Crippen molar-refractivity contribution in [3.63, 3.8) is 0 Å². The van der Waals surface area contributed by atoms with E-state index in [0.717, 1.165) is 28.2 Å². The van der Waals surface area contributed by atoms with Crippen LogP contribution in [-0.4, -0.2) is 10.5 Å². The Morgan fingerprint density at radius 3 is 2.29 bits per heavy atom. The van der Waals surface area contributed by atoms with Gasteiger partial charge in [0.15, 0.2) is 0 Å². The molecule has 0 saturated heterocycles. The maximum atomic E-state index is 13.2. The van der Waals surface area contributed by atoms with Gasteiger partial charge < -0.3 is 14.5 Å². The fourth-order valence-electron chi connectivity index (χ4n) is 2.75. The van der Waals surface area contributed by atoms with Crippen LogP contribution in [0.5, 0.6) is 0 Å². The summed E-state index contributed by atoms with van der Waals surface area (Å²) in [6.07, 6.45) is 0.330. The van der Waals surface area contributed by atoms with Crippen molar-refractivity contribution in [2.24, 2.45) is 0 Å². The second-order valence-corrected chi connectivity index (χ2v) is 5.76. The van der Waals surface area contributed by atoms with E-state index in [2.05, 4.69) is 0 Å². The molecule has 1 aromatic heterocycles. The zero-order valence-corrected chi connectivity index (χ0v) is 13.3. The number of carboxylic acids is 1. The predicted molar refractivity (Wildman–Crippen MR) is 89.2 cm³/mol. The number of aryl methyl sites for hydroxylation is 2. The third kappa shape index (κ3) is 3.38. The number of aliphatic carboxylic acids is 1. The van der Waals surface area contributed by atoms with Gasteiger partial charge in [-0.2, -0.15) is 0 Å². The van der Waals surface area contributed by atoms with Crippen LogP contribution in [0.3, 0.4) is 0 Å². The number of rotatable bonds is 5. The van der Waals surface area contributed by atoms with Crippen molar-refractivity contribution >= 4 is 5.97 Å². The third-order valence-electron chi connectivity index (χ3n) is 3.98. The molecular formula is C20H17FNO2-. The van der Waals surface area contributed by atoms with Gasteiger partial charge in [0.1, 0.15) is 5.82 Å². The highest BCUT2D eigenvalue weighted by Crippen LogP contribution is 2.27. The molecule has 2 aromatic carbocycles. The van der Waals surface area contributed by atoms with Crippen molar-refractivity contribution in [2.45, 2.75) is 19.8 Å². The zero-order valence-electron chi connectivity index (χ0n) is 13.3. The van der Waals surface area contributed by atoms with E-state index < -0.39 is 5.97 Å². The number of hydrogen-bond acceptors (Lipinski definition) is 2. The van der Waals surface area contributed by atoms with Crippen LogP contribution in [0.15, 0.2) is 60.7 Å². The van der Waals surface area contributed by atoms with E-state index in [1.807, 2.05) is 47.9 Å². The normalized spacial score (nSPS) is 10.8. The molecule has 122 valence electrons. The summed E-state index contributed by atoms with van der Waals surface area (Å²) in [6, 6.07) is 18.1. The largest absolute Gasteiger partial charge is 0.550 e. The molecule has 0 aliphatic carbocycles. The maximum absolute atomic E-state index is 13.2. The number of nitrogens with zero attached hydrogens (tertiary/aromatic N) is 1. The standard InChI is InChI=1S/C20H18FNO2/c1-14-2-8-17(9-3-14)22-18(11-13-20(23)24)10-12-19(22)15-4-6-16(21)7-5-15/h2-10,12H,11,13H2,1H3,(H,23,24)/p-1. The van der Waals surface area contributed by atoms with E-state index in [4.69, 9.17) is 0 Å². The molecule has 3 rings (SSSR count). The van der Waals surface area contributed by atoms with Gasteiger partial charge in [-0.3, -0.25) is 0 Å². The lowest BCUT2D eigenvalue weighted by Crippen LogP contribution is -2.22. The van der Waals surface area contributed by atoms with Gasteiger partial charge in [-0.25, -0.2) is 4.39 Å². The molecule has 0 aliphatic heterocycles. The van der Waals surface area contributed by atoms with Crippen LogP contribution in [0.1, 0.15) is 17.7 Å². The molecule has 0 atom stereocenters. The molecule has 0 fully saturated rings. The highest BCUT2D eigenvalue weighted by atomic mass is 19.1. The number of halogens is 1.